The Bertz CT molecular complexity index is 789. The maximum Gasteiger partial charge on any atom is 0.340 e. The Balaban J connectivity index is 1.86. The topological polar surface area (TPSA) is 73.9 Å². The fourth-order valence-electron chi connectivity index (χ4n) is 2.21. The van der Waals surface area contributed by atoms with Crippen LogP contribution in [-0.2, 0) is 4.74 Å². The van der Waals surface area contributed by atoms with Crippen LogP contribution in [0.5, 0.6) is 11.5 Å². The van der Waals surface area contributed by atoms with E-state index in [0.29, 0.717) is 45.9 Å². The third kappa shape index (κ3) is 3.32. The number of benzene rings is 1. The summed E-state index contributed by atoms with van der Waals surface area (Å²) in [7, 11) is 1.29. The van der Waals surface area contributed by atoms with E-state index in [2.05, 4.69) is 10.1 Å². The molecular formula is C16H14ClNO5S. The fraction of sp³-hybridized carbons (Fsp3) is 0.250. The molecule has 6 nitrogen and oxygen atoms in total. The summed E-state index contributed by atoms with van der Waals surface area (Å²) in [6, 6.07) is 4.68. The van der Waals surface area contributed by atoms with Crippen LogP contribution >= 0.6 is 22.9 Å². The Morgan fingerprint density at radius 2 is 2.08 bits per heavy atom. The van der Waals surface area contributed by atoms with E-state index < -0.39 is 11.9 Å². The van der Waals surface area contributed by atoms with Crippen molar-refractivity contribution in [1.82, 2.24) is 0 Å². The third-order valence-corrected chi connectivity index (χ3v) is 4.47. The number of amides is 1. The molecule has 1 amide bonds. The molecule has 0 bridgehead atoms. The molecule has 0 saturated heterocycles. The highest BCUT2D eigenvalue weighted by Crippen LogP contribution is 2.38. The van der Waals surface area contributed by atoms with E-state index in [1.54, 1.807) is 17.5 Å². The molecule has 1 aliphatic heterocycles. The molecule has 3 rings (SSSR count). The van der Waals surface area contributed by atoms with Gasteiger partial charge in [-0.25, -0.2) is 4.79 Å². The van der Waals surface area contributed by atoms with Crippen LogP contribution in [0.2, 0.25) is 5.02 Å². The number of hydrogen-bond acceptors (Lipinski definition) is 6. The second-order valence-corrected chi connectivity index (χ2v) is 6.27. The molecule has 1 aliphatic rings. The van der Waals surface area contributed by atoms with Gasteiger partial charge in [0.15, 0.2) is 11.5 Å². The lowest BCUT2D eigenvalue weighted by Gasteiger charge is -2.11. The zero-order valence-corrected chi connectivity index (χ0v) is 14.3. The van der Waals surface area contributed by atoms with Crippen LogP contribution in [0.25, 0.3) is 0 Å². The van der Waals surface area contributed by atoms with Crippen LogP contribution in [0.1, 0.15) is 27.1 Å². The molecular weight excluding hydrogens is 354 g/mol. The number of carbonyl (C=O) groups excluding carboxylic acids is 2. The molecule has 0 fully saturated rings. The number of esters is 1. The van der Waals surface area contributed by atoms with Crippen LogP contribution < -0.4 is 14.8 Å². The van der Waals surface area contributed by atoms with Crippen molar-refractivity contribution in [3.05, 3.63) is 39.7 Å². The van der Waals surface area contributed by atoms with E-state index in [9.17, 15) is 9.59 Å². The fourth-order valence-corrected chi connectivity index (χ4v) is 3.25. The average Bonchev–Trinajstić information content (AvgIpc) is 2.89. The molecule has 1 aromatic heterocycles. The summed E-state index contributed by atoms with van der Waals surface area (Å²) in [5.74, 6) is -0.0370. The first-order chi connectivity index (χ1) is 11.6. The maximum absolute atomic E-state index is 12.5. The average molecular weight is 368 g/mol. The third-order valence-electron chi connectivity index (χ3n) is 3.36. The zero-order valence-electron chi connectivity index (χ0n) is 12.8. The number of methoxy groups -OCH3 is 1. The molecule has 0 unspecified atom stereocenters. The number of carbonyl (C=O) groups is 2. The van der Waals surface area contributed by atoms with E-state index in [0.717, 1.165) is 6.42 Å². The molecule has 0 saturated carbocycles. The van der Waals surface area contributed by atoms with Gasteiger partial charge in [-0.05, 0) is 23.6 Å². The van der Waals surface area contributed by atoms with Crippen molar-refractivity contribution in [1.29, 1.82) is 0 Å². The van der Waals surface area contributed by atoms with Crippen molar-refractivity contribution in [2.45, 2.75) is 6.42 Å². The van der Waals surface area contributed by atoms with Gasteiger partial charge in [-0.15, -0.1) is 11.3 Å². The highest BCUT2D eigenvalue weighted by molar-refractivity contribution is 7.14. The van der Waals surface area contributed by atoms with Crippen molar-refractivity contribution >= 4 is 39.8 Å². The van der Waals surface area contributed by atoms with Gasteiger partial charge < -0.3 is 19.5 Å². The first-order valence-electron chi connectivity index (χ1n) is 7.16. The molecule has 126 valence electrons. The summed E-state index contributed by atoms with van der Waals surface area (Å²) >= 11 is 7.42. The Labute approximate surface area is 147 Å². The SMILES string of the molecule is COC(=O)c1ccsc1NC(=O)c1cc(Cl)c2c(c1)OCCCO2. The van der Waals surface area contributed by atoms with Crippen molar-refractivity contribution in [3.8, 4) is 11.5 Å². The second kappa shape index (κ2) is 7.11. The van der Waals surface area contributed by atoms with E-state index in [-0.39, 0.29) is 0 Å². The highest BCUT2D eigenvalue weighted by Gasteiger charge is 2.20. The number of anilines is 1. The molecule has 1 N–H and O–H groups in total. The summed E-state index contributed by atoms with van der Waals surface area (Å²) in [6.45, 7) is 1.00. The number of halogens is 1. The first kappa shape index (κ1) is 16.6. The van der Waals surface area contributed by atoms with E-state index >= 15 is 0 Å². The lowest BCUT2D eigenvalue weighted by atomic mass is 10.2. The minimum absolute atomic E-state index is 0.302. The molecule has 0 radical (unpaired) electrons. The minimum atomic E-state index is -0.511. The molecule has 24 heavy (non-hydrogen) atoms. The predicted octanol–water partition coefficient (Wildman–Crippen LogP) is 3.60. The van der Waals surface area contributed by atoms with Gasteiger partial charge in [0, 0.05) is 12.0 Å². The quantitative estimate of drug-likeness (QED) is 0.839. The summed E-state index contributed by atoms with van der Waals surface area (Å²) in [5.41, 5.74) is 0.616. The molecule has 2 heterocycles. The number of hydrogen-bond donors (Lipinski definition) is 1. The normalized spacial score (nSPS) is 13.1. The van der Waals surface area contributed by atoms with Crippen LogP contribution in [-0.4, -0.2) is 32.2 Å². The number of rotatable bonds is 3. The van der Waals surface area contributed by atoms with Crippen molar-refractivity contribution in [2.75, 3.05) is 25.6 Å². The van der Waals surface area contributed by atoms with E-state index in [4.69, 9.17) is 21.1 Å². The lowest BCUT2D eigenvalue weighted by molar-refractivity contribution is 0.0602. The van der Waals surface area contributed by atoms with Crippen molar-refractivity contribution in [3.63, 3.8) is 0 Å². The van der Waals surface area contributed by atoms with Gasteiger partial charge in [0.2, 0.25) is 0 Å². The van der Waals surface area contributed by atoms with Gasteiger partial charge in [-0.3, -0.25) is 4.79 Å². The Kier molecular flexibility index (Phi) is 4.92. The Hall–Kier alpha value is -2.25. The Morgan fingerprint density at radius 1 is 1.29 bits per heavy atom. The van der Waals surface area contributed by atoms with Crippen LogP contribution in [0.4, 0.5) is 5.00 Å². The van der Waals surface area contributed by atoms with E-state index in [1.807, 2.05) is 0 Å². The number of nitrogens with one attached hydrogen (secondary N) is 1. The monoisotopic (exact) mass is 367 g/mol. The van der Waals surface area contributed by atoms with Gasteiger partial charge in [-0.2, -0.15) is 0 Å². The Morgan fingerprint density at radius 3 is 2.88 bits per heavy atom. The first-order valence-corrected chi connectivity index (χ1v) is 8.42. The summed E-state index contributed by atoms with van der Waals surface area (Å²) < 4.78 is 15.8. The molecule has 0 atom stereocenters. The van der Waals surface area contributed by atoms with Crippen LogP contribution in [0, 0.1) is 0 Å². The summed E-state index contributed by atoms with van der Waals surface area (Å²) in [5, 5.41) is 5.11. The number of ether oxygens (including phenoxy) is 3. The molecule has 8 heteroatoms. The van der Waals surface area contributed by atoms with E-state index in [1.165, 1.54) is 24.5 Å². The highest BCUT2D eigenvalue weighted by atomic mass is 35.5. The summed E-state index contributed by atoms with van der Waals surface area (Å²) in [6.07, 6.45) is 0.740. The molecule has 1 aromatic carbocycles. The molecule has 0 aliphatic carbocycles. The van der Waals surface area contributed by atoms with Crippen LogP contribution in [0.3, 0.4) is 0 Å². The van der Waals surface area contributed by atoms with Gasteiger partial charge in [0.1, 0.15) is 5.00 Å². The minimum Gasteiger partial charge on any atom is -0.489 e. The van der Waals surface area contributed by atoms with Crippen LogP contribution in [0.15, 0.2) is 23.6 Å². The maximum atomic E-state index is 12.5. The lowest BCUT2D eigenvalue weighted by Crippen LogP contribution is -2.14. The smallest absolute Gasteiger partial charge is 0.340 e. The standard InChI is InChI=1S/C16H14ClNO5S/c1-21-16(20)10-3-6-24-15(10)18-14(19)9-7-11(17)13-12(8-9)22-4-2-5-23-13/h3,6-8H,2,4-5H2,1H3,(H,18,19). The number of fused-ring (bicyclic) bond motifs is 1. The van der Waals surface area contributed by atoms with Gasteiger partial charge in [-0.1, -0.05) is 11.6 Å². The van der Waals surface area contributed by atoms with Crippen molar-refractivity contribution in [2.24, 2.45) is 0 Å². The van der Waals surface area contributed by atoms with Crippen molar-refractivity contribution < 1.29 is 23.8 Å². The summed E-state index contributed by atoms with van der Waals surface area (Å²) in [4.78, 5) is 24.2. The second-order valence-electron chi connectivity index (χ2n) is 4.94. The van der Waals surface area contributed by atoms with Gasteiger partial charge >= 0.3 is 5.97 Å². The molecule has 2 aromatic rings. The zero-order chi connectivity index (χ0) is 17.1. The largest absolute Gasteiger partial charge is 0.489 e. The molecule has 0 spiro atoms. The van der Waals surface area contributed by atoms with Gasteiger partial charge in [0.05, 0.1) is 30.9 Å². The number of thiophene rings is 1. The predicted molar refractivity (Wildman–Crippen MR) is 90.7 cm³/mol. The van der Waals surface area contributed by atoms with Gasteiger partial charge in [0.25, 0.3) is 5.91 Å².